The molecular formula is C12H20N2S. The minimum absolute atomic E-state index is 0.165. The number of hydrogen-bond donors (Lipinski definition) is 1. The first kappa shape index (κ1) is 10.9. The third kappa shape index (κ3) is 2.17. The summed E-state index contributed by atoms with van der Waals surface area (Å²) in [6.07, 6.45) is 4.74. The van der Waals surface area contributed by atoms with Gasteiger partial charge in [-0.2, -0.15) is 0 Å². The molecule has 0 radical (unpaired) electrons. The quantitative estimate of drug-likeness (QED) is 0.761. The van der Waals surface area contributed by atoms with Crippen LogP contribution in [0.2, 0.25) is 0 Å². The van der Waals surface area contributed by atoms with Gasteiger partial charge in [0.25, 0.3) is 0 Å². The smallest absolute Gasteiger partial charge is 0.177 e. The van der Waals surface area contributed by atoms with Crippen molar-refractivity contribution in [2.75, 3.05) is 0 Å². The Morgan fingerprint density at radius 1 is 1.47 bits per heavy atom. The normalized spacial score (nSPS) is 19.2. The number of rotatable bonds is 2. The van der Waals surface area contributed by atoms with Gasteiger partial charge >= 0.3 is 0 Å². The molecule has 0 spiro atoms. The van der Waals surface area contributed by atoms with Gasteiger partial charge in [0.2, 0.25) is 0 Å². The van der Waals surface area contributed by atoms with Crippen LogP contribution in [-0.2, 0) is 12.0 Å². The van der Waals surface area contributed by atoms with Gasteiger partial charge in [-0.15, -0.1) is 0 Å². The summed E-state index contributed by atoms with van der Waals surface area (Å²) >= 11 is 5.34. The van der Waals surface area contributed by atoms with Gasteiger partial charge < -0.3 is 9.55 Å². The second-order valence-electron chi connectivity index (χ2n) is 6.13. The van der Waals surface area contributed by atoms with Gasteiger partial charge in [-0.25, -0.2) is 0 Å². The zero-order valence-corrected chi connectivity index (χ0v) is 10.9. The predicted molar refractivity (Wildman–Crippen MR) is 65.7 cm³/mol. The molecule has 1 aliphatic carbocycles. The van der Waals surface area contributed by atoms with E-state index in [-0.39, 0.29) is 5.41 Å². The third-order valence-corrected chi connectivity index (χ3v) is 3.62. The fraction of sp³-hybridized carbons (Fsp3) is 0.750. The van der Waals surface area contributed by atoms with E-state index in [2.05, 4.69) is 43.4 Å². The molecule has 1 fully saturated rings. The van der Waals surface area contributed by atoms with Gasteiger partial charge in [0.15, 0.2) is 4.77 Å². The molecule has 84 valence electrons. The minimum atomic E-state index is 0.165. The monoisotopic (exact) mass is 224 g/mol. The summed E-state index contributed by atoms with van der Waals surface area (Å²) in [5.41, 5.74) is 1.99. The van der Waals surface area contributed by atoms with Crippen LogP contribution in [0.1, 0.15) is 46.2 Å². The molecule has 1 aromatic heterocycles. The second-order valence-corrected chi connectivity index (χ2v) is 6.51. The summed E-state index contributed by atoms with van der Waals surface area (Å²) < 4.78 is 3.15. The van der Waals surface area contributed by atoms with Crippen molar-refractivity contribution in [2.24, 2.45) is 5.41 Å². The topological polar surface area (TPSA) is 20.7 Å². The lowest BCUT2D eigenvalue weighted by Crippen LogP contribution is -2.20. The van der Waals surface area contributed by atoms with Crippen LogP contribution in [0.3, 0.4) is 0 Å². The van der Waals surface area contributed by atoms with Crippen LogP contribution in [0, 0.1) is 10.2 Å². The highest BCUT2D eigenvalue weighted by Crippen LogP contribution is 2.47. The summed E-state index contributed by atoms with van der Waals surface area (Å²) in [6, 6.07) is 0. The van der Waals surface area contributed by atoms with Gasteiger partial charge in [0.05, 0.1) is 0 Å². The predicted octanol–water partition coefficient (Wildman–Crippen LogP) is 3.64. The summed E-state index contributed by atoms with van der Waals surface area (Å²) in [5.74, 6) is 0. The van der Waals surface area contributed by atoms with E-state index in [1.54, 1.807) is 0 Å². The molecule has 1 N–H and O–H groups in total. The number of nitrogens with zero attached hydrogens (tertiary/aromatic N) is 1. The molecule has 2 nitrogen and oxygen atoms in total. The molecule has 1 heterocycles. The average Bonchev–Trinajstić information content (AvgIpc) is 2.68. The molecule has 15 heavy (non-hydrogen) atoms. The van der Waals surface area contributed by atoms with Crippen LogP contribution in [-0.4, -0.2) is 9.55 Å². The van der Waals surface area contributed by atoms with Crippen molar-refractivity contribution >= 4 is 12.2 Å². The Hall–Kier alpha value is -0.570. The molecule has 3 heteroatoms. The standard InChI is InChI=1S/C12H20N2S/c1-11(2,3)9-7-13-10(15)14(9)8-12(4)5-6-12/h7H,5-6,8H2,1-4H3,(H,13,15). The van der Waals surface area contributed by atoms with Gasteiger partial charge in [0.1, 0.15) is 0 Å². The van der Waals surface area contributed by atoms with Crippen molar-refractivity contribution in [3.05, 3.63) is 16.7 Å². The summed E-state index contributed by atoms with van der Waals surface area (Å²) in [7, 11) is 0. The van der Waals surface area contributed by atoms with Gasteiger partial charge in [-0.05, 0) is 30.5 Å². The van der Waals surface area contributed by atoms with E-state index in [4.69, 9.17) is 12.2 Å². The Morgan fingerprint density at radius 3 is 2.53 bits per heavy atom. The number of hydrogen-bond acceptors (Lipinski definition) is 1. The first-order valence-electron chi connectivity index (χ1n) is 5.61. The number of nitrogens with one attached hydrogen (secondary N) is 1. The van der Waals surface area contributed by atoms with Crippen LogP contribution in [0.4, 0.5) is 0 Å². The van der Waals surface area contributed by atoms with Crippen molar-refractivity contribution in [3.8, 4) is 0 Å². The highest BCUT2D eigenvalue weighted by molar-refractivity contribution is 7.71. The molecule has 2 rings (SSSR count). The lowest BCUT2D eigenvalue weighted by molar-refractivity contribution is 0.423. The van der Waals surface area contributed by atoms with E-state index in [0.29, 0.717) is 5.41 Å². The molecule has 0 aromatic carbocycles. The van der Waals surface area contributed by atoms with Crippen molar-refractivity contribution < 1.29 is 0 Å². The first-order chi connectivity index (χ1) is 6.82. The third-order valence-electron chi connectivity index (χ3n) is 3.28. The maximum absolute atomic E-state index is 5.34. The van der Waals surface area contributed by atoms with Crippen LogP contribution < -0.4 is 0 Å². The maximum atomic E-state index is 5.34. The van der Waals surface area contributed by atoms with Crippen molar-refractivity contribution in [1.29, 1.82) is 0 Å². The molecule has 0 aliphatic heterocycles. The number of aromatic nitrogens is 2. The van der Waals surface area contributed by atoms with E-state index in [0.717, 1.165) is 11.3 Å². The zero-order chi connectivity index (χ0) is 11.3. The van der Waals surface area contributed by atoms with Crippen LogP contribution in [0.15, 0.2) is 6.20 Å². The Morgan fingerprint density at radius 2 is 2.07 bits per heavy atom. The van der Waals surface area contributed by atoms with Gasteiger partial charge in [-0.3, -0.25) is 0 Å². The van der Waals surface area contributed by atoms with Crippen LogP contribution in [0.5, 0.6) is 0 Å². The summed E-state index contributed by atoms with van der Waals surface area (Å²) in [5, 5.41) is 0. The maximum Gasteiger partial charge on any atom is 0.177 e. The fourth-order valence-electron chi connectivity index (χ4n) is 1.93. The minimum Gasteiger partial charge on any atom is -0.337 e. The summed E-state index contributed by atoms with van der Waals surface area (Å²) in [6.45, 7) is 10.1. The van der Waals surface area contributed by atoms with E-state index in [1.807, 2.05) is 0 Å². The molecule has 1 aliphatic rings. The summed E-state index contributed by atoms with van der Waals surface area (Å²) in [4.78, 5) is 3.17. The van der Waals surface area contributed by atoms with Crippen molar-refractivity contribution in [1.82, 2.24) is 9.55 Å². The SMILES string of the molecule is CC1(Cn2c(C(C)(C)C)c[nH]c2=S)CC1. The largest absolute Gasteiger partial charge is 0.337 e. The molecule has 0 unspecified atom stereocenters. The molecule has 0 bridgehead atoms. The van der Waals surface area contributed by atoms with Crippen molar-refractivity contribution in [2.45, 2.75) is 52.5 Å². The fourth-order valence-corrected chi connectivity index (χ4v) is 2.15. The molecule has 0 atom stereocenters. The second kappa shape index (κ2) is 3.21. The Labute approximate surface area is 96.7 Å². The molecular weight excluding hydrogens is 204 g/mol. The molecule has 1 saturated carbocycles. The lowest BCUT2D eigenvalue weighted by Gasteiger charge is -2.22. The molecule has 0 amide bonds. The Bertz CT molecular complexity index is 416. The average molecular weight is 224 g/mol. The van der Waals surface area contributed by atoms with E-state index < -0.39 is 0 Å². The number of imidazole rings is 1. The Balaban J connectivity index is 2.36. The van der Waals surface area contributed by atoms with Crippen molar-refractivity contribution in [3.63, 3.8) is 0 Å². The van der Waals surface area contributed by atoms with E-state index >= 15 is 0 Å². The highest BCUT2D eigenvalue weighted by atomic mass is 32.1. The molecule has 0 saturated heterocycles. The zero-order valence-electron chi connectivity index (χ0n) is 10.1. The van der Waals surface area contributed by atoms with Gasteiger partial charge in [-0.1, -0.05) is 27.7 Å². The highest BCUT2D eigenvalue weighted by Gasteiger charge is 2.38. The lowest BCUT2D eigenvalue weighted by atomic mass is 9.92. The van der Waals surface area contributed by atoms with Crippen LogP contribution >= 0.6 is 12.2 Å². The van der Waals surface area contributed by atoms with E-state index in [1.165, 1.54) is 18.5 Å². The first-order valence-corrected chi connectivity index (χ1v) is 6.01. The number of aromatic amines is 1. The Kier molecular flexibility index (Phi) is 2.34. The van der Waals surface area contributed by atoms with Crippen LogP contribution in [0.25, 0.3) is 0 Å². The van der Waals surface area contributed by atoms with Gasteiger partial charge in [0, 0.05) is 23.9 Å². The molecule has 1 aromatic rings. The number of H-pyrrole nitrogens is 1. The van der Waals surface area contributed by atoms with E-state index in [9.17, 15) is 0 Å².